The lowest BCUT2D eigenvalue weighted by Gasteiger charge is -2.46. The van der Waals surface area contributed by atoms with E-state index in [9.17, 15) is 0 Å². The standard InChI is InChI=1S/C8H18N2.H2/c1-8(4-5-9-2)6-10(3)7-8;/h9H,4-7H2,1-3H3;1H. The molecule has 1 N–H and O–H groups in total. The monoisotopic (exact) mass is 144 g/mol. The van der Waals surface area contributed by atoms with Gasteiger partial charge in [-0.05, 0) is 32.5 Å². The molecule has 0 aromatic heterocycles. The summed E-state index contributed by atoms with van der Waals surface area (Å²) in [6, 6.07) is 0. The predicted octanol–water partition coefficient (Wildman–Crippen LogP) is 0.794. The minimum Gasteiger partial charge on any atom is -0.320 e. The average molecular weight is 144 g/mol. The topological polar surface area (TPSA) is 15.3 Å². The SMILES string of the molecule is CNCCC1(C)CN(C)C1.[HH]. The second-order valence-electron chi connectivity index (χ2n) is 3.84. The Balaban J connectivity index is 0.000001000. The van der Waals surface area contributed by atoms with E-state index >= 15 is 0 Å². The Labute approximate surface area is 65.1 Å². The van der Waals surface area contributed by atoms with Crippen LogP contribution in [0.25, 0.3) is 0 Å². The van der Waals surface area contributed by atoms with E-state index in [-0.39, 0.29) is 1.43 Å². The van der Waals surface area contributed by atoms with Crippen LogP contribution >= 0.6 is 0 Å². The van der Waals surface area contributed by atoms with Crippen molar-refractivity contribution in [3.8, 4) is 0 Å². The van der Waals surface area contributed by atoms with Gasteiger partial charge < -0.3 is 10.2 Å². The zero-order valence-corrected chi connectivity index (χ0v) is 7.28. The van der Waals surface area contributed by atoms with Crippen molar-refractivity contribution in [2.24, 2.45) is 5.41 Å². The summed E-state index contributed by atoms with van der Waals surface area (Å²) in [5, 5.41) is 3.19. The van der Waals surface area contributed by atoms with Gasteiger partial charge in [0.15, 0.2) is 0 Å². The average Bonchev–Trinajstić information content (AvgIpc) is 1.81. The van der Waals surface area contributed by atoms with Gasteiger partial charge in [0.25, 0.3) is 0 Å². The van der Waals surface area contributed by atoms with Crippen LogP contribution in [0, 0.1) is 5.41 Å². The van der Waals surface area contributed by atoms with Gasteiger partial charge in [-0.15, -0.1) is 0 Å². The van der Waals surface area contributed by atoms with Gasteiger partial charge >= 0.3 is 0 Å². The van der Waals surface area contributed by atoms with Crippen LogP contribution in [-0.2, 0) is 0 Å². The molecule has 1 rings (SSSR count). The second kappa shape index (κ2) is 2.89. The Hall–Kier alpha value is -0.0800. The molecule has 0 bridgehead atoms. The molecule has 0 radical (unpaired) electrons. The largest absolute Gasteiger partial charge is 0.320 e. The van der Waals surface area contributed by atoms with Crippen molar-refractivity contribution in [1.29, 1.82) is 0 Å². The molecule has 0 aliphatic carbocycles. The van der Waals surface area contributed by atoms with Gasteiger partial charge in [0.1, 0.15) is 0 Å². The van der Waals surface area contributed by atoms with E-state index in [4.69, 9.17) is 0 Å². The van der Waals surface area contributed by atoms with E-state index in [0.717, 1.165) is 6.54 Å². The number of hydrogen-bond donors (Lipinski definition) is 1. The maximum Gasteiger partial charge on any atom is 0.00452 e. The van der Waals surface area contributed by atoms with Crippen molar-refractivity contribution in [3.63, 3.8) is 0 Å². The molecular formula is C8H20N2. The van der Waals surface area contributed by atoms with E-state index in [1.54, 1.807) is 0 Å². The van der Waals surface area contributed by atoms with Crippen LogP contribution in [0.3, 0.4) is 0 Å². The van der Waals surface area contributed by atoms with Crippen molar-refractivity contribution < 1.29 is 1.43 Å². The van der Waals surface area contributed by atoms with Crippen LogP contribution in [0.4, 0.5) is 0 Å². The number of nitrogens with zero attached hydrogens (tertiary/aromatic N) is 1. The Kier molecular flexibility index (Phi) is 2.32. The van der Waals surface area contributed by atoms with Crippen molar-refractivity contribution in [1.82, 2.24) is 10.2 Å². The summed E-state index contributed by atoms with van der Waals surface area (Å²) in [6.07, 6.45) is 1.31. The molecule has 0 atom stereocenters. The molecule has 0 aromatic carbocycles. The zero-order valence-electron chi connectivity index (χ0n) is 7.28. The summed E-state index contributed by atoms with van der Waals surface area (Å²) in [5.41, 5.74) is 0.609. The van der Waals surface area contributed by atoms with Crippen molar-refractivity contribution in [3.05, 3.63) is 0 Å². The summed E-state index contributed by atoms with van der Waals surface area (Å²) in [5.74, 6) is 0. The molecule has 2 heteroatoms. The maximum atomic E-state index is 3.19. The molecule has 0 saturated carbocycles. The van der Waals surface area contributed by atoms with Gasteiger partial charge in [-0.1, -0.05) is 6.92 Å². The molecule has 0 aromatic rings. The van der Waals surface area contributed by atoms with Crippen molar-refractivity contribution in [2.75, 3.05) is 33.7 Å². The second-order valence-corrected chi connectivity index (χ2v) is 3.84. The van der Waals surface area contributed by atoms with Crippen molar-refractivity contribution >= 4 is 0 Å². The van der Waals surface area contributed by atoms with E-state index < -0.39 is 0 Å². The third-order valence-corrected chi connectivity index (χ3v) is 2.28. The number of nitrogens with one attached hydrogen (secondary N) is 1. The van der Waals surface area contributed by atoms with Crippen LogP contribution in [-0.4, -0.2) is 38.6 Å². The summed E-state index contributed by atoms with van der Waals surface area (Å²) >= 11 is 0. The quantitative estimate of drug-likeness (QED) is 0.630. The molecule has 2 nitrogen and oxygen atoms in total. The van der Waals surface area contributed by atoms with Gasteiger partial charge in [0.05, 0.1) is 0 Å². The van der Waals surface area contributed by atoms with E-state index in [2.05, 4.69) is 24.2 Å². The molecule has 0 unspecified atom stereocenters. The highest BCUT2D eigenvalue weighted by atomic mass is 15.2. The van der Waals surface area contributed by atoms with E-state index in [1.165, 1.54) is 19.5 Å². The first-order valence-electron chi connectivity index (χ1n) is 3.99. The first-order chi connectivity index (χ1) is 4.66. The number of hydrogen-bond acceptors (Lipinski definition) is 2. The molecule has 1 heterocycles. The van der Waals surface area contributed by atoms with Crippen LogP contribution in [0.15, 0.2) is 0 Å². The smallest absolute Gasteiger partial charge is 0.00452 e. The highest BCUT2D eigenvalue weighted by Gasteiger charge is 2.35. The third kappa shape index (κ3) is 1.70. The molecule has 1 aliphatic heterocycles. The highest BCUT2D eigenvalue weighted by molar-refractivity contribution is 4.89. The van der Waals surface area contributed by atoms with Gasteiger partial charge in [-0.3, -0.25) is 0 Å². The fourth-order valence-corrected chi connectivity index (χ4v) is 1.84. The lowest BCUT2D eigenvalue weighted by atomic mass is 9.79. The lowest BCUT2D eigenvalue weighted by molar-refractivity contribution is 0.0325. The van der Waals surface area contributed by atoms with Gasteiger partial charge in [0, 0.05) is 14.5 Å². The van der Waals surface area contributed by atoms with Crippen LogP contribution in [0.5, 0.6) is 0 Å². The van der Waals surface area contributed by atoms with Crippen LogP contribution in [0.1, 0.15) is 14.8 Å². The molecule has 0 amide bonds. The van der Waals surface area contributed by atoms with Gasteiger partial charge in [-0.25, -0.2) is 0 Å². The van der Waals surface area contributed by atoms with E-state index in [0.29, 0.717) is 5.41 Å². The minimum atomic E-state index is 0. The fourth-order valence-electron chi connectivity index (χ4n) is 1.84. The zero-order chi connectivity index (χ0) is 7.61. The maximum absolute atomic E-state index is 3.19. The first kappa shape index (κ1) is 8.02. The molecule has 10 heavy (non-hydrogen) atoms. The minimum absolute atomic E-state index is 0. The summed E-state index contributed by atoms with van der Waals surface area (Å²) < 4.78 is 0. The van der Waals surface area contributed by atoms with E-state index in [1.807, 2.05) is 7.05 Å². The lowest BCUT2D eigenvalue weighted by Crippen LogP contribution is -2.53. The molecular weight excluding hydrogens is 124 g/mol. The molecule has 0 spiro atoms. The number of likely N-dealkylation sites (tertiary alicyclic amines) is 1. The van der Waals surface area contributed by atoms with Crippen molar-refractivity contribution in [2.45, 2.75) is 13.3 Å². The molecule has 1 saturated heterocycles. The highest BCUT2D eigenvalue weighted by Crippen LogP contribution is 2.31. The van der Waals surface area contributed by atoms with Gasteiger partial charge in [-0.2, -0.15) is 0 Å². The Morgan fingerprint density at radius 1 is 1.60 bits per heavy atom. The summed E-state index contributed by atoms with van der Waals surface area (Å²) in [4.78, 5) is 2.37. The normalized spacial score (nSPS) is 24.3. The Morgan fingerprint density at radius 2 is 2.20 bits per heavy atom. The molecule has 1 aliphatic rings. The third-order valence-electron chi connectivity index (χ3n) is 2.28. The van der Waals surface area contributed by atoms with Crippen LogP contribution in [0.2, 0.25) is 0 Å². The van der Waals surface area contributed by atoms with Gasteiger partial charge in [0.2, 0.25) is 0 Å². The molecule has 1 fully saturated rings. The summed E-state index contributed by atoms with van der Waals surface area (Å²) in [7, 11) is 4.20. The van der Waals surface area contributed by atoms with Crippen LogP contribution < -0.4 is 5.32 Å². The first-order valence-corrected chi connectivity index (χ1v) is 3.99. The molecule has 62 valence electrons. The summed E-state index contributed by atoms with van der Waals surface area (Å²) in [6.45, 7) is 6.07. The Morgan fingerprint density at radius 3 is 2.60 bits per heavy atom. The Bertz CT molecular complexity index is 111. The fraction of sp³-hybridized carbons (Fsp3) is 1.00. The predicted molar refractivity (Wildman–Crippen MR) is 46.3 cm³/mol. The number of rotatable bonds is 3.